The standard InChI is InChI=1S/C24H20N8/c1(3-21-29-17-7-5-15(13-19(17)31-21)23-25-9-10-26-23)2-4-22-30-18-8-6-16(14-20(18)32-22)24-27-11-12-28-24/h1-2,5-14H,3-4H2,(H,25,26)(H,27,28)(H,29,31)(H,30,32). The summed E-state index contributed by atoms with van der Waals surface area (Å²) in [5, 5.41) is 0. The Morgan fingerprint density at radius 2 is 1.16 bits per heavy atom. The fraction of sp³-hybridized carbons (Fsp3) is 0.0833. The molecule has 8 nitrogen and oxygen atoms in total. The maximum atomic E-state index is 4.68. The minimum absolute atomic E-state index is 0.730. The molecule has 0 saturated carbocycles. The minimum atomic E-state index is 0.730. The number of aromatic amines is 4. The number of fused-ring (bicyclic) bond motifs is 2. The topological polar surface area (TPSA) is 115 Å². The SMILES string of the molecule is C(=CCc1nc2ccc(-c3ncc[nH]3)cc2[nH]1)Cc1nc2ccc(-c3ncc[nH]3)cc2[nH]1. The van der Waals surface area contributed by atoms with E-state index in [9.17, 15) is 0 Å². The Labute approximate surface area is 182 Å². The highest BCUT2D eigenvalue weighted by Gasteiger charge is 2.07. The number of imidazole rings is 4. The number of aromatic nitrogens is 8. The lowest BCUT2D eigenvalue weighted by molar-refractivity contribution is 1.04. The monoisotopic (exact) mass is 420 g/mol. The number of H-pyrrole nitrogens is 4. The van der Waals surface area contributed by atoms with Gasteiger partial charge in [-0.3, -0.25) is 0 Å². The lowest BCUT2D eigenvalue weighted by Crippen LogP contribution is -1.86. The molecule has 2 aromatic carbocycles. The van der Waals surface area contributed by atoms with E-state index in [1.807, 2.05) is 36.7 Å². The van der Waals surface area contributed by atoms with Gasteiger partial charge in [-0.2, -0.15) is 0 Å². The minimum Gasteiger partial charge on any atom is -0.345 e. The quantitative estimate of drug-likeness (QED) is 0.296. The molecule has 0 saturated heterocycles. The van der Waals surface area contributed by atoms with Gasteiger partial charge in [0.2, 0.25) is 0 Å². The van der Waals surface area contributed by atoms with Crippen molar-refractivity contribution in [1.82, 2.24) is 39.9 Å². The zero-order chi connectivity index (χ0) is 21.3. The molecule has 32 heavy (non-hydrogen) atoms. The molecule has 0 atom stereocenters. The van der Waals surface area contributed by atoms with E-state index in [4.69, 9.17) is 0 Å². The van der Waals surface area contributed by atoms with Crippen molar-refractivity contribution in [2.24, 2.45) is 0 Å². The largest absolute Gasteiger partial charge is 0.345 e. The van der Waals surface area contributed by atoms with Crippen molar-refractivity contribution < 1.29 is 0 Å². The Balaban J connectivity index is 1.14. The highest BCUT2D eigenvalue weighted by molar-refractivity contribution is 5.81. The number of nitrogens with zero attached hydrogens (tertiary/aromatic N) is 4. The number of rotatable bonds is 6. The number of nitrogens with one attached hydrogen (secondary N) is 4. The third kappa shape index (κ3) is 3.47. The molecule has 8 heteroatoms. The van der Waals surface area contributed by atoms with Crippen LogP contribution in [0.2, 0.25) is 0 Å². The van der Waals surface area contributed by atoms with Crippen molar-refractivity contribution in [3.8, 4) is 22.8 Å². The second-order valence-corrected chi connectivity index (χ2v) is 7.59. The van der Waals surface area contributed by atoms with Crippen LogP contribution in [-0.4, -0.2) is 39.9 Å². The Morgan fingerprint density at radius 1 is 0.656 bits per heavy atom. The number of benzene rings is 2. The van der Waals surface area contributed by atoms with Gasteiger partial charge in [-0.15, -0.1) is 0 Å². The third-order valence-corrected chi connectivity index (χ3v) is 5.39. The highest BCUT2D eigenvalue weighted by atomic mass is 14.9. The molecule has 0 aliphatic heterocycles. The molecule has 6 rings (SSSR count). The lowest BCUT2D eigenvalue weighted by Gasteiger charge is -1.95. The molecule has 0 aliphatic rings. The lowest BCUT2D eigenvalue weighted by atomic mass is 10.2. The molecular weight excluding hydrogens is 400 g/mol. The molecule has 0 radical (unpaired) electrons. The molecular formula is C24H20N8. The van der Waals surface area contributed by atoms with Gasteiger partial charge in [-0.25, -0.2) is 19.9 Å². The van der Waals surface area contributed by atoms with Gasteiger partial charge in [-0.1, -0.05) is 12.2 Å². The number of hydrogen-bond donors (Lipinski definition) is 4. The van der Waals surface area contributed by atoms with Crippen LogP contribution in [0.4, 0.5) is 0 Å². The Kier molecular flexibility index (Phi) is 4.39. The maximum absolute atomic E-state index is 4.68. The molecule has 0 spiro atoms. The van der Waals surface area contributed by atoms with Gasteiger partial charge in [0.25, 0.3) is 0 Å². The molecule has 4 heterocycles. The first-order valence-electron chi connectivity index (χ1n) is 10.4. The number of hydrogen-bond acceptors (Lipinski definition) is 4. The van der Waals surface area contributed by atoms with E-state index in [-0.39, 0.29) is 0 Å². The van der Waals surface area contributed by atoms with Crippen LogP contribution in [0.1, 0.15) is 11.6 Å². The summed E-state index contributed by atoms with van der Waals surface area (Å²) in [7, 11) is 0. The van der Waals surface area contributed by atoms with Gasteiger partial charge in [0.1, 0.15) is 23.3 Å². The summed E-state index contributed by atoms with van der Waals surface area (Å²) in [6.45, 7) is 0. The summed E-state index contributed by atoms with van der Waals surface area (Å²) in [6.07, 6.45) is 12.8. The Hall–Kier alpha value is -4.46. The van der Waals surface area contributed by atoms with Gasteiger partial charge < -0.3 is 19.9 Å². The second-order valence-electron chi connectivity index (χ2n) is 7.59. The molecule has 4 N–H and O–H groups in total. The Morgan fingerprint density at radius 3 is 1.59 bits per heavy atom. The molecule has 0 unspecified atom stereocenters. The van der Waals surface area contributed by atoms with Crippen molar-refractivity contribution in [3.05, 3.63) is 85.0 Å². The molecule has 0 bridgehead atoms. The summed E-state index contributed by atoms with van der Waals surface area (Å²) < 4.78 is 0. The average Bonchev–Trinajstić information content (AvgIpc) is 3.61. The van der Waals surface area contributed by atoms with E-state index >= 15 is 0 Å². The van der Waals surface area contributed by atoms with Gasteiger partial charge in [0.05, 0.1) is 22.1 Å². The van der Waals surface area contributed by atoms with Crippen LogP contribution in [-0.2, 0) is 12.8 Å². The second kappa shape index (κ2) is 7.66. The van der Waals surface area contributed by atoms with Crippen molar-refractivity contribution in [3.63, 3.8) is 0 Å². The fourth-order valence-electron chi connectivity index (χ4n) is 3.85. The van der Waals surface area contributed by atoms with Gasteiger partial charge in [-0.05, 0) is 36.4 Å². The van der Waals surface area contributed by atoms with Crippen LogP contribution >= 0.6 is 0 Å². The summed E-state index contributed by atoms with van der Waals surface area (Å²) in [5.41, 5.74) is 5.99. The van der Waals surface area contributed by atoms with Crippen molar-refractivity contribution in [2.45, 2.75) is 12.8 Å². The van der Waals surface area contributed by atoms with Gasteiger partial charge >= 0.3 is 0 Å². The molecule has 6 aromatic rings. The van der Waals surface area contributed by atoms with Crippen LogP contribution in [0.3, 0.4) is 0 Å². The first-order valence-corrected chi connectivity index (χ1v) is 10.4. The van der Waals surface area contributed by atoms with Gasteiger partial charge in [0.15, 0.2) is 0 Å². The smallest absolute Gasteiger partial charge is 0.137 e. The van der Waals surface area contributed by atoms with Crippen molar-refractivity contribution >= 4 is 22.1 Å². The Bertz CT molecular complexity index is 1400. The maximum Gasteiger partial charge on any atom is 0.137 e. The third-order valence-electron chi connectivity index (χ3n) is 5.39. The van der Waals surface area contributed by atoms with E-state index < -0.39 is 0 Å². The fourth-order valence-corrected chi connectivity index (χ4v) is 3.85. The van der Waals surface area contributed by atoms with Crippen molar-refractivity contribution in [1.29, 1.82) is 0 Å². The molecule has 0 fully saturated rings. The zero-order valence-electron chi connectivity index (χ0n) is 17.1. The summed E-state index contributed by atoms with van der Waals surface area (Å²) in [4.78, 5) is 31.0. The van der Waals surface area contributed by atoms with Crippen LogP contribution in [0.15, 0.2) is 73.3 Å². The summed E-state index contributed by atoms with van der Waals surface area (Å²) in [5.74, 6) is 3.57. The first-order chi connectivity index (χ1) is 15.8. The zero-order valence-corrected chi connectivity index (χ0v) is 17.1. The van der Waals surface area contributed by atoms with Crippen LogP contribution < -0.4 is 0 Å². The van der Waals surface area contributed by atoms with E-state index in [0.717, 1.165) is 69.3 Å². The molecule has 0 aliphatic carbocycles. The van der Waals surface area contributed by atoms with E-state index in [0.29, 0.717) is 0 Å². The molecule has 4 aromatic heterocycles. The van der Waals surface area contributed by atoms with E-state index in [1.165, 1.54) is 0 Å². The van der Waals surface area contributed by atoms with E-state index in [2.05, 4.69) is 64.2 Å². The summed E-state index contributed by atoms with van der Waals surface area (Å²) >= 11 is 0. The average molecular weight is 420 g/mol. The van der Waals surface area contributed by atoms with E-state index in [1.54, 1.807) is 12.4 Å². The van der Waals surface area contributed by atoms with Crippen molar-refractivity contribution in [2.75, 3.05) is 0 Å². The van der Waals surface area contributed by atoms with Crippen LogP contribution in [0, 0.1) is 0 Å². The van der Waals surface area contributed by atoms with Gasteiger partial charge in [0, 0.05) is 48.8 Å². The summed E-state index contributed by atoms with van der Waals surface area (Å²) in [6, 6.07) is 12.2. The van der Waals surface area contributed by atoms with Crippen LogP contribution in [0.25, 0.3) is 44.8 Å². The number of allylic oxidation sites excluding steroid dienone is 2. The molecule has 156 valence electrons. The molecule has 0 amide bonds. The normalized spacial score (nSPS) is 11.9. The predicted molar refractivity (Wildman–Crippen MR) is 124 cm³/mol. The first kappa shape index (κ1) is 18.3. The van der Waals surface area contributed by atoms with Crippen LogP contribution in [0.5, 0.6) is 0 Å². The highest BCUT2D eigenvalue weighted by Crippen LogP contribution is 2.22. The predicted octanol–water partition coefficient (Wildman–Crippen LogP) is 4.56.